The van der Waals surface area contributed by atoms with Crippen LogP contribution in [0.3, 0.4) is 0 Å². The van der Waals surface area contributed by atoms with Crippen LogP contribution in [0.25, 0.3) is 0 Å². The van der Waals surface area contributed by atoms with Crippen molar-refractivity contribution in [1.82, 2.24) is 0 Å². The average Bonchev–Trinajstić information content (AvgIpc) is 3.18. The first-order chi connectivity index (χ1) is 27.0. The Labute approximate surface area is 341 Å². The average molecular weight is 775 g/mol. The highest BCUT2D eigenvalue weighted by molar-refractivity contribution is 5.71. The quantitative estimate of drug-likeness (QED) is 0.0266. The lowest BCUT2D eigenvalue weighted by Gasteiger charge is -2.18. The van der Waals surface area contributed by atoms with Gasteiger partial charge in [-0.15, -0.1) is 0 Å². The fourth-order valence-electron chi connectivity index (χ4n) is 6.79. The fourth-order valence-corrected chi connectivity index (χ4v) is 6.79. The van der Waals surface area contributed by atoms with Gasteiger partial charge in [0.25, 0.3) is 0 Å². The van der Waals surface area contributed by atoms with Crippen molar-refractivity contribution in [2.24, 2.45) is 0 Å². The van der Waals surface area contributed by atoms with Crippen LogP contribution >= 0.6 is 0 Å². The molecule has 0 amide bonds. The number of carbonyl (C=O) groups excluding carboxylic acids is 3. The molecule has 0 aliphatic carbocycles. The lowest BCUT2D eigenvalue weighted by Crippen LogP contribution is -2.30. The molecule has 0 heterocycles. The Morgan fingerprint density at radius 1 is 0.345 bits per heavy atom. The summed E-state index contributed by atoms with van der Waals surface area (Å²) >= 11 is 0. The smallest absolute Gasteiger partial charge is 0.306 e. The van der Waals surface area contributed by atoms with Crippen molar-refractivity contribution in [3.63, 3.8) is 0 Å². The van der Waals surface area contributed by atoms with Crippen molar-refractivity contribution >= 4 is 17.9 Å². The Morgan fingerprint density at radius 2 is 0.636 bits per heavy atom. The minimum Gasteiger partial charge on any atom is -0.462 e. The minimum absolute atomic E-state index is 0.0741. The van der Waals surface area contributed by atoms with E-state index >= 15 is 0 Å². The highest BCUT2D eigenvalue weighted by Crippen LogP contribution is 2.15. The number of hydrogen-bond donors (Lipinski definition) is 0. The van der Waals surface area contributed by atoms with Crippen molar-refractivity contribution in [2.45, 2.75) is 258 Å². The Bertz CT molecular complexity index is 896. The molecule has 322 valence electrons. The van der Waals surface area contributed by atoms with Gasteiger partial charge >= 0.3 is 17.9 Å². The van der Waals surface area contributed by atoms with Crippen molar-refractivity contribution in [3.05, 3.63) is 24.3 Å². The van der Waals surface area contributed by atoms with Gasteiger partial charge in [0.1, 0.15) is 13.2 Å². The largest absolute Gasteiger partial charge is 0.462 e. The van der Waals surface area contributed by atoms with Crippen molar-refractivity contribution in [2.75, 3.05) is 13.2 Å². The maximum Gasteiger partial charge on any atom is 0.306 e. The molecule has 0 aliphatic rings. The second-order valence-electron chi connectivity index (χ2n) is 16.0. The molecule has 0 aromatic carbocycles. The van der Waals surface area contributed by atoms with E-state index in [1.54, 1.807) is 0 Å². The van der Waals surface area contributed by atoms with Crippen molar-refractivity contribution in [1.29, 1.82) is 0 Å². The monoisotopic (exact) mass is 775 g/mol. The molecule has 1 atom stereocenters. The van der Waals surface area contributed by atoms with Crippen LogP contribution in [-0.4, -0.2) is 37.2 Å². The maximum atomic E-state index is 12.7. The third-order valence-corrected chi connectivity index (χ3v) is 10.4. The topological polar surface area (TPSA) is 78.9 Å². The molecule has 0 bridgehead atoms. The summed E-state index contributed by atoms with van der Waals surface area (Å²) < 4.78 is 16.7. The number of rotatable bonds is 43. The van der Waals surface area contributed by atoms with Crippen LogP contribution in [0.5, 0.6) is 0 Å². The molecule has 0 N–H and O–H groups in total. The Kier molecular flexibility index (Phi) is 42.9. The van der Waals surface area contributed by atoms with Gasteiger partial charge in [-0.1, -0.05) is 193 Å². The molecule has 0 fully saturated rings. The predicted molar refractivity (Wildman–Crippen MR) is 233 cm³/mol. The molecule has 0 aromatic heterocycles. The van der Waals surface area contributed by atoms with Crippen LogP contribution in [0.1, 0.15) is 252 Å². The molecular weight excluding hydrogens is 685 g/mol. The fraction of sp³-hybridized carbons (Fsp3) is 0.857. The van der Waals surface area contributed by atoms with Gasteiger partial charge in [-0.2, -0.15) is 0 Å². The summed E-state index contributed by atoms with van der Waals surface area (Å²) in [6.45, 7) is 6.55. The number of carbonyl (C=O) groups is 3. The molecule has 6 heteroatoms. The van der Waals surface area contributed by atoms with E-state index in [0.29, 0.717) is 19.3 Å². The first-order valence-electron chi connectivity index (χ1n) is 23.8. The van der Waals surface area contributed by atoms with E-state index in [1.165, 1.54) is 135 Å². The number of hydrogen-bond acceptors (Lipinski definition) is 6. The number of unbranched alkanes of at least 4 members (excludes halogenated alkanes) is 28. The van der Waals surface area contributed by atoms with Gasteiger partial charge in [0.05, 0.1) is 0 Å². The molecule has 1 unspecified atom stereocenters. The van der Waals surface area contributed by atoms with Crippen LogP contribution < -0.4 is 0 Å². The zero-order valence-electron chi connectivity index (χ0n) is 36.7. The van der Waals surface area contributed by atoms with E-state index < -0.39 is 6.10 Å². The van der Waals surface area contributed by atoms with E-state index in [4.69, 9.17) is 14.2 Å². The third-order valence-electron chi connectivity index (χ3n) is 10.4. The zero-order valence-corrected chi connectivity index (χ0v) is 36.7. The molecule has 6 nitrogen and oxygen atoms in total. The maximum absolute atomic E-state index is 12.7. The second kappa shape index (κ2) is 44.6. The van der Waals surface area contributed by atoms with Crippen LogP contribution in [0.4, 0.5) is 0 Å². The number of ether oxygens (including phenoxy) is 3. The lowest BCUT2D eigenvalue weighted by molar-refractivity contribution is -0.167. The third kappa shape index (κ3) is 42.9. The molecule has 0 aromatic rings. The molecule has 0 rings (SSSR count). The standard InChI is InChI=1S/C49H90O6/c1-4-7-10-13-16-19-22-24-25-26-28-30-33-36-39-42-48(51)54-45-46(44-53-47(50)41-38-35-32-29-21-18-15-12-9-6-3)55-49(52)43-40-37-34-31-27-23-20-17-14-11-8-5-2/h12,15,17,20,46H,4-11,13-14,16,18-19,21-45H2,1-3H3/b15-12-,20-17-. The Balaban J connectivity index is 4.33. The Hall–Kier alpha value is -2.11. The second-order valence-corrected chi connectivity index (χ2v) is 16.0. The zero-order chi connectivity index (χ0) is 40.1. The van der Waals surface area contributed by atoms with E-state index in [0.717, 1.165) is 77.0 Å². The summed E-state index contributed by atoms with van der Waals surface area (Å²) in [6, 6.07) is 0. The summed E-state index contributed by atoms with van der Waals surface area (Å²) in [5.74, 6) is -0.888. The van der Waals surface area contributed by atoms with Gasteiger partial charge in [0.15, 0.2) is 6.10 Å². The van der Waals surface area contributed by atoms with Gasteiger partial charge in [-0.05, 0) is 64.2 Å². The molecule has 55 heavy (non-hydrogen) atoms. The first-order valence-corrected chi connectivity index (χ1v) is 23.8. The van der Waals surface area contributed by atoms with Crippen molar-refractivity contribution < 1.29 is 28.6 Å². The van der Waals surface area contributed by atoms with Crippen LogP contribution in [0, 0.1) is 0 Å². The summed E-state index contributed by atoms with van der Waals surface area (Å²) in [5, 5.41) is 0. The van der Waals surface area contributed by atoms with E-state index in [1.807, 2.05) is 0 Å². The molecule has 0 spiro atoms. The highest BCUT2D eigenvalue weighted by Gasteiger charge is 2.19. The first kappa shape index (κ1) is 52.9. The summed E-state index contributed by atoms with van der Waals surface area (Å²) in [5.41, 5.74) is 0. The highest BCUT2D eigenvalue weighted by atomic mass is 16.6. The lowest BCUT2D eigenvalue weighted by atomic mass is 10.0. The van der Waals surface area contributed by atoms with E-state index in [2.05, 4.69) is 45.1 Å². The summed E-state index contributed by atoms with van der Waals surface area (Å²) in [6.07, 6.45) is 48.7. The number of esters is 3. The van der Waals surface area contributed by atoms with Gasteiger partial charge in [-0.3, -0.25) is 14.4 Å². The predicted octanol–water partition coefficient (Wildman–Crippen LogP) is 15.2. The SMILES string of the molecule is CCC/C=C\CCCCCCCC(=O)OCC(COC(=O)CCCCCCCCCCCCCCCCC)OC(=O)CCCCCCC/C=C\CCCCC. The van der Waals surface area contributed by atoms with Crippen LogP contribution in [-0.2, 0) is 28.6 Å². The minimum atomic E-state index is -0.772. The van der Waals surface area contributed by atoms with Gasteiger partial charge < -0.3 is 14.2 Å². The molecule has 0 radical (unpaired) electrons. The van der Waals surface area contributed by atoms with E-state index in [-0.39, 0.29) is 31.1 Å². The van der Waals surface area contributed by atoms with Crippen molar-refractivity contribution in [3.8, 4) is 0 Å². The van der Waals surface area contributed by atoms with Gasteiger partial charge in [0, 0.05) is 19.3 Å². The van der Waals surface area contributed by atoms with Crippen LogP contribution in [0.2, 0.25) is 0 Å². The van der Waals surface area contributed by atoms with Gasteiger partial charge in [-0.25, -0.2) is 0 Å². The normalized spacial score (nSPS) is 12.1. The molecule has 0 saturated heterocycles. The number of allylic oxidation sites excluding steroid dienone is 4. The molecule has 0 aliphatic heterocycles. The Morgan fingerprint density at radius 3 is 1.02 bits per heavy atom. The summed E-state index contributed by atoms with van der Waals surface area (Å²) in [7, 11) is 0. The van der Waals surface area contributed by atoms with Crippen LogP contribution in [0.15, 0.2) is 24.3 Å². The van der Waals surface area contributed by atoms with Gasteiger partial charge in [0.2, 0.25) is 0 Å². The summed E-state index contributed by atoms with van der Waals surface area (Å²) in [4.78, 5) is 37.7. The van der Waals surface area contributed by atoms with E-state index in [9.17, 15) is 14.4 Å². The molecular formula is C49H90O6. The molecule has 0 saturated carbocycles.